The molecule has 2 heterocycles. The van der Waals surface area contributed by atoms with Gasteiger partial charge in [-0.25, -0.2) is 4.39 Å². The second-order valence-corrected chi connectivity index (χ2v) is 10.7. The summed E-state index contributed by atoms with van der Waals surface area (Å²) in [5, 5.41) is 6.71. The van der Waals surface area contributed by atoms with E-state index < -0.39 is 35.2 Å². The summed E-state index contributed by atoms with van der Waals surface area (Å²) < 4.78 is 20.8. The quantitative estimate of drug-likeness (QED) is 0.557. The van der Waals surface area contributed by atoms with Crippen molar-refractivity contribution < 1.29 is 18.7 Å². The molecule has 1 fully saturated rings. The molecule has 33 heavy (non-hydrogen) atoms. The molecule has 4 rings (SSSR count). The van der Waals surface area contributed by atoms with Gasteiger partial charge < -0.3 is 10.1 Å². The van der Waals surface area contributed by atoms with E-state index in [0.717, 1.165) is 0 Å². The zero-order valence-corrected chi connectivity index (χ0v) is 20.5. The van der Waals surface area contributed by atoms with Gasteiger partial charge in [-0.1, -0.05) is 62.2 Å². The summed E-state index contributed by atoms with van der Waals surface area (Å²) >= 11 is 12.4. The normalized spacial score (nSPS) is 26.4. The van der Waals surface area contributed by atoms with E-state index in [2.05, 4.69) is 31.4 Å². The number of anilines is 1. The van der Waals surface area contributed by atoms with Crippen LogP contribution in [-0.4, -0.2) is 30.6 Å². The lowest BCUT2D eigenvalue weighted by atomic mass is 9.62. The number of carbonyl (C=O) groups excluding carboxylic acids is 2. The number of fused-ring (bicyclic) bond motifs is 2. The first kappa shape index (κ1) is 24.0. The van der Waals surface area contributed by atoms with E-state index in [9.17, 15) is 9.59 Å². The zero-order valence-electron chi connectivity index (χ0n) is 19.0. The first-order chi connectivity index (χ1) is 15.5. The van der Waals surface area contributed by atoms with Crippen LogP contribution in [0.1, 0.15) is 51.2 Å². The van der Waals surface area contributed by atoms with Gasteiger partial charge in [-0.3, -0.25) is 14.9 Å². The number of nitrogens with one attached hydrogen (secondary N) is 2. The van der Waals surface area contributed by atoms with Crippen LogP contribution < -0.4 is 10.6 Å². The number of ether oxygens (including phenoxy) is 1. The molecule has 2 aliphatic rings. The molecular weight excluding hydrogens is 466 g/mol. The first-order valence-corrected chi connectivity index (χ1v) is 11.7. The number of halogens is 3. The van der Waals surface area contributed by atoms with Gasteiger partial charge in [-0.2, -0.15) is 0 Å². The van der Waals surface area contributed by atoms with Crippen LogP contribution in [0.5, 0.6) is 0 Å². The average Bonchev–Trinajstić information content (AvgIpc) is 3.19. The van der Waals surface area contributed by atoms with E-state index in [-0.39, 0.29) is 28.5 Å². The summed E-state index contributed by atoms with van der Waals surface area (Å²) in [6.45, 7) is 8.06. The fraction of sp³-hybridized carbons (Fsp3) is 0.440. The molecule has 176 valence electrons. The van der Waals surface area contributed by atoms with E-state index in [1.165, 1.54) is 6.07 Å². The first-order valence-electron chi connectivity index (χ1n) is 11.0. The minimum absolute atomic E-state index is 0.0701. The van der Waals surface area contributed by atoms with Crippen molar-refractivity contribution in [3.05, 3.63) is 63.4 Å². The van der Waals surface area contributed by atoms with Gasteiger partial charge in [-0.05, 0) is 48.1 Å². The highest BCUT2D eigenvalue weighted by Crippen LogP contribution is 2.57. The van der Waals surface area contributed by atoms with Gasteiger partial charge in [0.2, 0.25) is 5.91 Å². The minimum atomic E-state index is -1.27. The van der Waals surface area contributed by atoms with Crippen molar-refractivity contribution in [3.63, 3.8) is 0 Å². The molecule has 1 spiro atoms. The lowest BCUT2D eigenvalue weighted by Gasteiger charge is -2.37. The van der Waals surface area contributed by atoms with Crippen LogP contribution >= 0.6 is 23.2 Å². The van der Waals surface area contributed by atoms with Gasteiger partial charge in [0.1, 0.15) is 17.3 Å². The molecule has 2 aromatic rings. The molecule has 0 aliphatic carbocycles. The van der Waals surface area contributed by atoms with Crippen LogP contribution in [0.15, 0.2) is 36.4 Å². The maximum Gasteiger partial charge on any atom is 0.323 e. The number of carbonyl (C=O) groups is 2. The Balaban J connectivity index is 2.02. The molecule has 2 aliphatic heterocycles. The minimum Gasteiger partial charge on any atom is -0.465 e. The van der Waals surface area contributed by atoms with Crippen LogP contribution in [0.4, 0.5) is 10.1 Å². The molecule has 0 bridgehead atoms. The number of benzene rings is 2. The molecule has 0 radical (unpaired) electrons. The van der Waals surface area contributed by atoms with Crippen molar-refractivity contribution in [2.45, 2.75) is 57.5 Å². The van der Waals surface area contributed by atoms with Crippen LogP contribution in [0.25, 0.3) is 0 Å². The Kier molecular flexibility index (Phi) is 6.23. The van der Waals surface area contributed by atoms with E-state index in [1.54, 1.807) is 37.3 Å². The lowest BCUT2D eigenvalue weighted by molar-refractivity contribution is -0.145. The molecule has 5 nitrogen and oxygen atoms in total. The van der Waals surface area contributed by atoms with Crippen molar-refractivity contribution in [2.24, 2.45) is 5.41 Å². The predicted octanol–water partition coefficient (Wildman–Crippen LogP) is 5.45. The Hall–Kier alpha value is -2.15. The molecule has 1 amide bonds. The second kappa shape index (κ2) is 8.57. The highest BCUT2D eigenvalue weighted by Gasteiger charge is 2.66. The third kappa shape index (κ3) is 3.92. The molecule has 0 saturated carbocycles. The number of amides is 1. The van der Waals surface area contributed by atoms with Crippen LogP contribution in [0, 0.1) is 11.2 Å². The lowest BCUT2D eigenvalue weighted by Crippen LogP contribution is -2.49. The third-order valence-corrected chi connectivity index (χ3v) is 7.01. The summed E-state index contributed by atoms with van der Waals surface area (Å²) in [4.78, 5) is 27.0. The zero-order chi connectivity index (χ0) is 24.1. The Morgan fingerprint density at radius 3 is 2.61 bits per heavy atom. The molecule has 0 aromatic heterocycles. The smallest absolute Gasteiger partial charge is 0.323 e. The number of hydrogen-bond acceptors (Lipinski definition) is 4. The molecule has 2 aromatic carbocycles. The van der Waals surface area contributed by atoms with Crippen molar-refractivity contribution in [3.8, 4) is 0 Å². The largest absolute Gasteiger partial charge is 0.465 e. The maximum absolute atomic E-state index is 15.5. The summed E-state index contributed by atoms with van der Waals surface area (Å²) in [7, 11) is 0. The van der Waals surface area contributed by atoms with Crippen LogP contribution in [0.3, 0.4) is 0 Å². The Morgan fingerprint density at radius 1 is 1.21 bits per heavy atom. The summed E-state index contributed by atoms with van der Waals surface area (Å²) in [6, 6.07) is 8.42. The standard InChI is InChI=1S/C25H27Cl2FN2O3/c1-5-33-22(31)21-19(14-7-6-8-16(27)20(14)28)25(18(30-21)12-24(2,3)4)15-10-9-13(26)11-17(15)29-23(25)32/h6-11,18-19,21,30H,5,12H2,1-4H3,(H,29,32). The second-order valence-electron chi connectivity index (χ2n) is 9.85. The topological polar surface area (TPSA) is 67.4 Å². The molecule has 1 saturated heterocycles. The SMILES string of the molecule is CCOC(=O)C1NC(CC(C)(C)C)C2(C(=O)Nc3cc(Cl)ccc32)C1c1cccc(Cl)c1F. The highest BCUT2D eigenvalue weighted by atomic mass is 35.5. The third-order valence-electron chi connectivity index (χ3n) is 6.48. The van der Waals surface area contributed by atoms with Crippen molar-refractivity contribution in [2.75, 3.05) is 11.9 Å². The fourth-order valence-corrected chi connectivity index (χ4v) is 5.72. The van der Waals surface area contributed by atoms with Crippen molar-refractivity contribution >= 4 is 40.8 Å². The van der Waals surface area contributed by atoms with Crippen molar-refractivity contribution in [1.29, 1.82) is 0 Å². The number of rotatable bonds is 4. The summed E-state index contributed by atoms with van der Waals surface area (Å²) in [5.74, 6) is -2.37. The highest BCUT2D eigenvalue weighted by molar-refractivity contribution is 6.31. The average molecular weight is 493 g/mol. The van der Waals surface area contributed by atoms with Crippen LogP contribution in [0.2, 0.25) is 10.0 Å². The van der Waals surface area contributed by atoms with Gasteiger partial charge in [0.25, 0.3) is 0 Å². The van der Waals surface area contributed by atoms with Gasteiger partial charge in [0.15, 0.2) is 0 Å². The maximum atomic E-state index is 15.5. The van der Waals surface area contributed by atoms with E-state index in [4.69, 9.17) is 27.9 Å². The summed E-state index contributed by atoms with van der Waals surface area (Å²) in [5.41, 5.74) is -0.0283. The molecule has 2 N–H and O–H groups in total. The van der Waals surface area contributed by atoms with Gasteiger partial charge >= 0.3 is 5.97 Å². The molecule has 4 unspecified atom stereocenters. The van der Waals surface area contributed by atoms with E-state index >= 15 is 4.39 Å². The van der Waals surface area contributed by atoms with Crippen molar-refractivity contribution in [1.82, 2.24) is 5.32 Å². The molecular formula is C25H27Cl2FN2O3. The van der Waals surface area contributed by atoms with Crippen LogP contribution in [-0.2, 0) is 19.7 Å². The number of esters is 1. The Bertz CT molecular complexity index is 1120. The van der Waals surface area contributed by atoms with Gasteiger partial charge in [-0.15, -0.1) is 0 Å². The molecule has 4 atom stereocenters. The number of hydrogen-bond donors (Lipinski definition) is 2. The summed E-state index contributed by atoms with van der Waals surface area (Å²) in [6.07, 6.45) is 0.553. The van der Waals surface area contributed by atoms with E-state index in [0.29, 0.717) is 22.7 Å². The monoisotopic (exact) mass is 492 g/mol. The Labute approximate surface area is 203 Å². The Morgan fingerprint density at radius 2 is 1.94 bits per heavy atom. The molecule has 8 heteroatoms. The van der Waals surface area contributed by atoms with E-state index in [1.807, 2.05) is 0 Å². The van der Waals surface area contributed by atoms with Gasteiger partial charge in [0.05, 0.1) is 11.6 Å². The predicted molar refractivity (Wildman–Crippen MR) is 127 cm³/mol. The fourth-order valence-electron chi connectivity index (χ4n) is 5.36. The van der Waals surface area contributed by atoms with Gasteiger partial charge in [0, 0.05) is 22.7 Å².